The van der Waals surface area contributed by atoms with Gasteiger partial charge in [-0.15, -0.1) is 11.3 Å². The first-order valence-corrected chi connectivity index (χ1v) is 14.2. The molecule has 5 rings (SSSR count). The number of likely N-dealkylation sites (tertiary alicyclic amines) is 1. The standard InChI is InChI=1S/C30H29ClFN5O3S/c1-30(2,3)37(29(38)39)15-20(33)12-22(37)8-9-23-14-24-27(34-17-35-28(24)41-23)36-21-7-10-26(25(31)13-21)40-16-18-5-4-6-19(32)11-18/h4-7,10-11,13-14,17,20,22H,12,15-16,33H2,1-3H3,(H-,34,35,36,38,39)/p+1/t20-,22+,37?/m1/s1. The van der Waals surface area contributed by atoms with Gasteiger partial charge in [0.05, 0.1) is 21.3 Å². The zero-order valence-electron chi connectivity index (χ0n) is 22.8. The number of anilines is 2. The van der Waals surface area contributed by atoms with Gasteiger partial charge >= 0.3 is 6.09 Å². The highest BCUT2D eigenvalue weighted by Crippen LogP contribution is 2.37. The number of halogens is 2. The molecule has 1 amide bonds. The van der Waals surface area contributed by atoms with Crippen LogP contribution in [0.4, 0.5) is 20.7 Å². The molecule has 1 aliphatic heterocycles. The maximum absolute atomic E-state index is 13.4. The van der Waals surface area contributed by atoms with E-state index >= 15 is 0 Å². The summed E-state index contributed by atoms with van der Waals surface area (Å²) in [5.41, 5.74) is 7.05. The Morgan fingerprint density at radius 2 is 2.07 bits per heavy atom. The zero-order valence-corrected chi connectivity index (χ0v) is 24.4. The maximum atomic E-state index is 13.4. The van der Waals surface area contributed by atoms with Crippen LogP contribution in [-0.4, -0.2) is 49.8 Å². The van der Waals surface area contributed by atoms with Crippen LogP contribution >= 0.6 is 22.9 Å². The Labute approximate surface area is 246 Å². The molecule has 1 aliphatic rings. The van der Waals surface area contributed by atoms with Gasteiger partial charge in [0.2, 0.25) is 0 Å². The van der Waals surface area contributed by atoms with Gasteiger partial charge in [0.25, 0.3) is 0 Å². The Morgan fingerprint density at radius 1 is 1.27 bits per heavy atom. The number of carboxylic acid groups (broad SMARTS) is 1. The van der Waals surface area contributed by atoms with E-state index in [4.69, 9.17) is 22.1 Å². The number of nitrogens with two attached hydrogens (primary N) is 1. The molecule has 0 spiro atoms. The molecule has 3 atom stereocenters. The molecule has 0 radical (unpaired) electrons. The van der Waals surface area contributed by atoms with Crippen LogP contribution in [0.15, 0.2) is 54.9 Å². The van der Waals surface area contributed by atoms with E-state index in [0.29, 0.717) is 40.8 Å². The van der Waals surface area contributed by atoms with E-state index in [0.717, 1.165) is 15.1 Å². The smallest absolute Gasteiger partial charge is 0.487 e. The van der Waals surface area contributed by atoms with Crippen molar-refractivity contribution in [2.24, 2.45) is 5.73 Å². The monoisotopic (exact) mass is 594 g/mol. The van der Waals surface area contributed by atoms with E-state index in [2.05, 4.69) is 27.1 Å². The van der Waals surface area contributed by atoms with Crippen LogP contribution in [0.5, 0.6) is 5.75 Å². The number of rotatable bonds is 5. The average molecular weight is 595 g/mol. The number of ether oxygens (including phenoxy) is 1. The minimum Gasteiger partial charge on any atom is -0.487 e. The Kier molecular flexibility index (Phi) is 7.90. The second-order valence-electron chi connectivity index (χ2n) is 11.0. The number of nitrogens with zero attached hydrogens (tertiary/aromatic N) is 3. The normalized spacial score (nSPS) is 20.4. The molecule has 8 nitrogen and oxygen atoms in total. The molecule has 4 N–H and O–H groups in total. The first-order valence-electron chi connectivity index (χ1n) is 13.0. The Balaban J connectivity index is 1.36. The van der Waals surface area contributed by atoms with E-state index in [9.17, 15) is 14.3 Å². The van der Waals surface area contributed by atoms with Crippen LogP contribution in [0.1, 0.15) is 37.6 Å². The van der Waals surface area contributed by atoms with Gasteiger partial charge < -0.3 is 20.9 Å². The van der Waals surface area contributed by atoms with Gasteiger partial charge in [0.15, 0.2) is 6.04 Å². The van der Waals surface area contributed by atoms with Gasteiger partial charge in [-0.05, 0) is 74.6 Å². The van der Waals surface area contributed by atoms with Crippen molar-refractivity contribution >= 4 is 50.8 Å². The van der Waals surface area contributed by atoms with Crippen LogP contribution in [0, 0.1) is 17.7 Å². The quantitative estimate of drug-likeness (QED) is 0.177. The molecular formula is C30H30ClFN5O3S+. The number of fused-ring (bicyclic) bond motifs is 1. The second-order valence-corrected chi connectivity index (χ2v) is 12.5. The number of quaternary nitrogens is 1. The first kappa shape index (κ1) is 28.8. The van der Waals surface area contributed by atoms with Crippen LogP contribution in [-0.2, 0) is 6.61 Å². The highest BCUT2D eigenvalue weighted by atomic mass is 35.5. The lowest BCUT2D eigenvalue weighted by atomic mass is 10.00. The summed E-state index contributed by atoms with van der Waals surface area (Å²) in [5, 5.41) is 14.7. The second kappa shape index (κ2) is 11.3. The number of amides is 1. The van der Waals surface area contributed by atoms with Gasteiger partial charge in [0.1, 0.15) is 47.2 Å². The topological polar surface area (TPSA) is 110 Å². The molecule has 2 aromatic carbocycles. The van der Waals surface area contributed by atoms with Crippen molar-refractivity contribution in [3.8, 4) is 17.6 Å². The number of carbonyl (C=O) groups is 1. The summed E-state index contributed by atoms with van der Waals surface area (Å²) >= 11 is 7.88. The number of nitrogens with one attached hydrogen (secondary N) is 1. The predicted octanol–water partition coefficient (Wildman–Crippen LogP) is 6.55. The van der Waals surface area contributed by atoms with Gasteiger partial charge in [-0.1, -0.05) is 23.7 Å². The number of hydrogen-bond acceptors (Lipinski definition) is 7. The molecule has 1 saturated heterocycles. The molecular weight excluding hydrogens is 565 g/mol. The maximum Gasteiger partial charge on any atom is 0.515 e. The van der Waals surface area contributed by atoms with E-state index < -0.39 is 17.7 Å². The van der Waals surface area contributed by atoms with Crippen molar-refractivity contribution in [3.05, 3.63) is 76.1 Å². The molecule has 0 bridgehead atoms. The van der Waals surface area contributed by atoms with Crippen molar-refractivity contribution in [1.29, 1.82) is 0 Å². The number of hydrogen-bond donors (Lipinski definition) is 3. The SMILES string of the molecule is CC(C)(C)[N+]1(C(=O)O)C[C@H](N)C[C@@H]1C#Cc1cc2c(Nc3ccc(OCc4cccc(F)c4)c(Cl)c3)ncnc2s1. The third-order valence-electron chi connectivity index (χ3n) is 7.29. The highest BCUT2D eigenvalue weighted by Gasteiger charge is 2.58. The van der Waals surface area contributed by atoms with Crippen molar-refractivity contribution in [2.75, 3.05) is 11.9 Å². The fraction of sp³-hybridized carbons (Fsp3) is 0.300. The molecule has 0 saturated carbocycles. The number of aromatic nitrogens is 2. The summed E-state index contributed by atoms with van der Waals surface area (Å²) in [6.45, 7) is 6.26. The third-order valence-corrected chi connectivity index (χ3v) is 8.54. The summed E-state index contributed by atoms with van der Waals surface area (Å²) in [6.07, 6.45) is 1.07. The Hall–Kier alpha value is -3.75. The molecule has 2 aromatic heterocycles. The lowest BCUT2D eigenvalue weighted by Gasteiger charge is -2.43. The van der Waals surface area contributed by atoms with Gasteiger partial charge in [-0.25, -0.2) is 18.8 Å². The summed E-state index contributed by atoms with van der Waals surface area (Å²) in [5.74, 6) is 7.15. The van der Waals surface area contributed by atoms with Crippen LogP contribution in [0.25, 0.3) is 10.2 Å². The van der Waals surface area contributed by atoms with Crippen LogP contribution in [0.3, 0.4) is 0 Å². The van der Waals surface area contributed by atoms with Crippen molar-refractivity contribution < 1.29 is 23.5 Å². The van der Waals surface area contributed by atoms with Gasteiger partial charge in [0, 0.05) is 12.1 Å². The van der Waals surface area contributed by atoms with E-state index in [-0.39, 0.29) is 22.9 Å². The van der Waals surface area contributed by atoms with Crippen molar-refractivity contribution in [1.82, 2.24) is 9.97 Å². The minimum absolute atomic E-state index is 0.185. The molecule has 11 heteroatoms. The highest BCUT2D eigenvalue weighted by molar-refractivity contribution is 7.19. The largest absolute Gasteiger partial charge is 0.515 e. The predicted molar refractivity (Wildman–Crippen MR) is 159 cm³/mol. The summed E-state index contributed by atoms with van der Waals surface area (Å²) in [7, 11) is 0. The summed E-state index contributed by atoms with van der Waals surface area (Å²) in [6, 6.07) is 12.7. The molecule has 1 fully saturated rings. The fourth-order valence-corrected chi connectivity index (χ4v) is 6.33. The van der Waals surface area contributed by atoms with Crippen LogP contribution < -0.4 is 15.8 Å². The zero-order chi connectivity index (χ0) is 29.4. The van der Waals surface area contributed by atoms with Crippen LogP contribution in [0.2, 0.25) is 5.02 Å². The summed E-state index contributed by atoms with van der Waals surface area (Å²) in [4.78, 5) is 22.7. The van der Waals surface area contributed by atoms with Gasteiger partial charge in [-0.2, -0.15) is 4.79 Å². The average Bonchev–Trinajstić information content (AvgIpc) is 3.48. The Bertz CT molecular complexity index is 1680. The lowest BCUT2D eigenvalue weighted by Crippen LogP contribution is -2.66. The molecule has 1 unspecified atom stereocenters. The molecule has 0 aliphatic carbocycles. The summed E-state index contributed by atoms with van der Waals surface area (Å²) < 4.78 is 19.0. The number of thiophene rings is 1. The molecule has 212 valence electrons. The van der Waals surface area contributed by atoms with Gasteiger partial charge in [-0.3, -0.25) is 0 Å². The van der Waals surface area contributed by atoms with Crippen molar-refractivity contribution in [2.45, 2.75) is 51.4 Å². The first-order chi connectivity index (χ1) is 19.5. The molecule has 3 heterocycles. The van der Waals surface area contributed by atoms with Crippen molar-refractivity contribution in [3.63, 3.8) is 0 Å². The Morgan fingerprint density at radius 3 is 2.78 bits per heavy atom. The lowest BCUT2D eigenvalue weighted by molar-refractivity contribution is -0.907. The molecule has 4 aromatic rings. The number of benzene rings is 2. The fourth-order valence-electron chi connectivity index (χ4n) is 5.24. The van der Waals surface area contributed by atoms with E-state index in [1.54, 1.807) is 24.3 Å². The van der Waals surface area contributed by atoms with E-state index in [1.807, 2.05) is 32.9 Å². The third kappa shape index (κ3) is 5.85. The van der Waals surface area contributed by atoms with E-state index in [1.165, 1.54) is 29.8 Å². The minimum atomic E-state index is -0.914. The molecule has 41 heavy (non-hydrogen) atoms.